The SMILES string of the molecule is CCCc1nnc(SCC(N)=O)o1. The van der Waals surface area contributed by atoms with Crippen molar-refractivity contribution in [2.45, 2.75) is 25.0 Å². The van der Waals surface area contributed by atoms with E-state index in [4.69, 9.17) is 10.2 Å². The highest BCUT2D eigenvalue weighted by molar-refractivity contribution is 7.99. The molecule has 13 heavy (non-hydrogen) atoms. The Labute approximate surface area is 80.1 Å². The summed E-state index contributed by atoms with van der Waals surface area (Å²) in [6.07, 6.45) is 1.73. The number of carbonyl (C=O) groups excluding carboxylic acids is 1. The number of carbonyl (C=O) groups is 1. The molecule has 0 aliphatic rings. The summed E-state index contributed by atoms with van der Waals surface area (Å²) in [5, 5.41) is 7.94. The Hall–Kier alpha value is -1.04. The van der Waals surface area contributed by atoms with Crippen molar-refractivity contribution in [3.8, 4) is 0 Å². The number of hydrogen-bond donors (Lipinski definition) is 1. The van der Waals surface area contributed by atoms with Crippen LogP contribution in [-0.2, 0) is 11.2 Å². The Balaban J connectivity index is 2.44. The average Bonchev–Trinajstić information content (AvgIpc) is 2.50. The van der Waals surface area contributed by atoms with E-state index in [9.17, 15) is 4.79 Å². The van der Waals surface area contributed by atoms with Crippen LogP contribution in [0.2, 0.25) is 0 Å². The third-order valence-corrected chi connectivity index (χ3v) is 2.09. The molecule has 0 atom stereocenters. The van der Waals surface area contributed by atoms with Gasteiger partial charge < -0.3 is 10.2 Å². The second-order valence-corrected chi connectivity index (χ2v) is 3.39. The van der Waals surface area contributed by atoms with Gasteiger partial charge in [0.25, 0.3) is 5.22 Å². The monoisotopic (exact) mass is 201 g/mol. The van der Waals surface area contributed by atoms with Gasteiger partial charge in [-0.2, -0.15) is 0 Å². The van der Waals surface area contributed by atoms with Crippen LogP contribution < -0.4 is 5.73 Å². The van der Waals surface area contributed by atoms with Crippen LogP contribution in [0, 0.1) is 0 Å². The van der Waals surface area contributed by atoms with Gasteiger partial charge in [0.1, 0.15) is 0 Å². The van der Waals surface area contributed by atoms with Gasteiger partial charge in [0, 0.05) is 6.42 Å². The van der Waals surface area contributed by atoms with Gasteiger partial charge in [0.05, 0.1) is 5.75 Å². The second kappa shape index (κ2) is 4.86. The van der Waals surface area contributed by atoms with E-state index in [2.05, 4.69) is 10.2 Å². The number of thioether (sulfide) groups is 1. The van der Waals surface area contributed by atoms with E-state index in [0.29, 0.717) is 11.1 Å². The Bertz CT molecular complexity index is 287. The average molecular weight is 201 g/mol. The van der Waals surface area contributed by atoms with Gasteiger partial charge in [0.15, 0.2) is 0 Å². The van der Waals surface area contributed by atoms with E-state index >= 15 is 0 Å². The molecule has 0 bridgehead atoms. The molecule has 0 spiro atoms. The maximum absolute atomic E-state index is 10.4. The first kappa shape index (κ1) is 10.0. The second-order valence-electron chi connectivity index (χ2n) is 2.47. The summed E-state index contributed by atoms with van der Waals surface area (Å²) in [7, 11) is 0. The van der Waals surface area contributed by atoms with Gasteiger partial charge in [-0.3, -0.25) is 4.79 Å². The number of rotatable bonds is 5. The Morgan fingerprint density at radius 1 is 1.62 bits per heavy atom. The minimum absolute atomic E-state index is 0.174. The quantitative estimate of drug-likeness (QED) is 0.705. The van der Waals surface area contributed by atoms with Gasteiger partial charge in [-0.05, 0) is 6.42 Å². The first-order valence-electron chi connectivity index (χ1n) is 3.96. The van der Waals surface area contributed by atoms with Crippen LogP contribution in [0.25, 0.3) is 0 Å². The van der Waals surface area contributed by atoms with Gasteiger partial charge in [0.2, 0.25) is 11.8 Å². The van der Waals surface area contributed by atoms with Crippen molar-refractivity contribution in [3.05, 3.63) is 5.89 Å². The van der Waals surface area contributed by atoms with Crippen LogP contribution in [0.5, 0.6) is 0 Å². The number of aryl methyl sites for hydroxylation is 1. The van der Waals surface area contributed by atoms with Gasteiger partial charge in [-0.1, -0.05) is 18.7 Å². The van der Waals surface area contributed by atoms with Crippen LogP contribution in [0.4, 0.5) is 0 Å². The fourth-order valence-corrected chi connectivity index (χ4v) is 1.26. The van der Waals surface area contributed by atoms with Crippen molar-refractivity contribution in [3.63, 3.8) is 0 Å². The summed E-state index contributed by atoms with van der Waals surface area (Å²) in [6.45, 7) is 2.03. The van der Waals surface area contributed by atoms with Crippen molar-refractivity contribution in [2.75, 3.05) is 5.75 Å². The number of hydrogen-bond acceptors (Lipinski definition) is 5. The van der Waals surface area contributed by atoms with Crippen molar-refractivity contribution >= 4 is 17.7 Å². The lowest BCUT2D eigenvalue weighted by Gasteiger charge is -1.89. The molecule has 0 saturated carbocycles. The van der Waals surface area contributed by atoms with Gasteiger partial charge in [-0.15, -0.1) is 10.2 Å². The van der Waals surface area contributed by atoms with E-state index in [-0.39, 0.29) is 11.7 Å². The van der Waals surface area contributed by atoms with Crippen LogP contribution in [0.15, 0.2) is 9.64 Å². The fraction of sp³-hybridized carbons (Fsp3) is 0.571. The van der Waals surface area contributed by atoms with Crippen LogP contribution in [-0.4, -0.2) is 21.9 Å². The molecular formula is C7H11N3O2S. The molecule has 0 unspecified atom stereocenters. The predicted molar refractivity (Wildman–Crippen MR) is 48.2 cm³/mol. The standard InChI is InChI=1S/C7H11N3O2S/c1-2-3-6-9-10-7(12-6)13-4-5(8)11/h2-4H2,1H3,(H2,8,11). The highest BCUT2D eigenvalue weighted by Gasteiger charge is 2.06. The highest BCUT2D eigenvalue weighted by Crippen LogP contribution is 2.15. The third kappa shape index (κ3) is 3.45. The zero-order chi connectivity index (χ0) is 9.68. The highest BCUT2D eigenvalue weighted by atomic mass is 32.2. The number of amides is 1. The summed E-state index contributed by atoms with van der Waals surface area (Å²) in [6, 6.07) is 0. The fourth-order valence-electron chi connectivity index (χ4n) is 0.744. The first-order valence-corrected chi connectivity index (χ1v) is 4.94. The topological polar surface area (TPSA) is 82.0 Å². The molecule has 72 valence electrons. The predicted octanol–water partition coefficient (Wildman–Crippen LogP) is 0.600. The molecule has 5 nitrogen and oxygen atoms in total. The molecule has 1 aromatic heterocycles. The lowest BCUT2D eigenvalue weighted by Crippen LogP contribution is -2.12. The van der Waals surface area contributed by atoms with E-state index < -0.39 is 0 Å². The summed E-state index contributed by atoms with van der Waals surface area (Å²) < 4.78 is 5.21. The molecular weight excluding hydrogens is 190 g/mol. The van der Waals surface area contributed by atoms with E-state index in [1.807, 2.05) is 6.92 Å². The maximum Gasteiger partial charge on any atom is 0.277 e. The summed E-state index contributed by atoms with van der Waals surface area (Å²) >= 11 is 1.16. The first-order chi connectivity index (χ1) is 6.22. The summed E-state index contributed by atoms with van der Waals surface area (Å²) in [4.78, 5) is 10.4. The molecule has 0 saturated heterocycles. The lowest BCUT2D eigenvalue weighted by molar-refractivity contribution is -0.115. The van der Waals surface area contributed by atoms with Crippen molar-refractivity contribution in [1.82, 2.24) is 10.2 Å². The Morgan fingerprint density at radius 2 is 2.38 bits per heavy atom. The van der Waals surface area contributed by atoms with Crippen molar-refractivity contribution < 1.29 is 9.21 Å². The molecule has 0 radical (unpaired) electrons. The molecule has 1 rings (SSSR count). The smallest absolute Gasteiger partial charge is 0.277 e. The molecule has 1 heterocycles. The Kier molecular flexibility index (Phi) is 3.75. The molecule has 1 aromatic rings. The van der Waals surface area contributed by atoms with Gasteiger partial charge >= 0.3 is 0 Å². The molecule has 0 aromatic carbocycles. The third-order valence-electron chi connectivity index (χ3n) is 1.25. The number of primary amides is 1. The largest absolute Gasteiger partial charge is 0.416 e. The number of nitrogens with two attached hydrogens (primary N) is 1. The number of nitrogens with zero attached hydrogens (tertiary/aromatic N) is 2. The molecule has 1 amide bonds. The van der Waals surface area contributed by atoms with E-state index in [1.165, 1.54) is 0 Å². The van der Waals surface area contributed by atoms with E-state index in [1.54, 1.807) is 0 Å². The van der Waals surface area contributed by atoms with E-state index in [0.717, 1.165) is 24.6 Å². The molecule has 0 fully saturated rings. The minimum atomic E-state index is -0.389. The van der Waals surface area contributed by atoms with Crippen molar-refractivity contribution in [2.24, 2.45) is 5.73 Å². The number of aromatic nitrogens is 2. The Morgan fingerprint density at radius 3 is 3.00 bits per heavy atom. The molecule has 0 aliphatic carbocycles. The maximum atomic E-state index is 10.4. The molecule has 2 N–H and O–H groups in total. The van der Waals surface area contributed by atoms with Crippen LogP contribution in [0.3, 0.4) is 0 Å². The zero-order valence-corrected chi connectivity index (χ0v) is 8.13. The van der Waals surface area contributed by atoms with Crippen LogP contribution >= 0.6 is 11.8 Å². The summed E-state index contributed by atoms with van der Waals surface area (Å²) in [5.74, 6) is 0.392. The molecule has 6 heteroatoms. The van der Waals surface area contributed by atoms with Crippen LogP contribution in [0.1, 0.15) is 19.2 Å². The minimum Gasteiger partial charge on any atom is -0.416 e. The normalized spacial score (nSPS) is 10.2. The van der Waals surface area contributed by atoms with Gasteiger partial charge in [-0.25, -0.2) is 0 Å². The lowest BCUT2D eigenvalue weighted by atomic mass is 10.3. The summed E-state index contributed by atoms with van der Waals surface area (Å²) in [5.41, 5.74) is 4.96. The zero-order valence-electron chi connectivity index (χ0n) is 7.32. The van der Waals surface area contributed by atoms with Crippen molar-refractivity contribution in [1.29, 1.82) is 0 Å². The molecule has 0 aliphatic heterocycles.